The molecule has 0 unspecified atom stereocenters. The topological polar surface area (TPSA) is 71.3 Å². The summed E-state index contributed by atoms with van der Waals surface area (Å²) >= 11 is 0. The number of nitrogens with one attached hydrogen (secondary N) is 2. The number of hydrogen-bond donors (Lipinski definition) is 2. The molecule has 0 fully saturated rings. The van der Waals surface area contributed by atoms with Gasteiger partial charge in [0.05, 0.1) is 12.3 Å². The molecule has 0 atom stereocenters. The van der Waals surface area contributed by atoms with E-state index in [0.717, 1.165) is 18.8 Å². The zero-order valence-corrected chi connectivity index (χ0v) is 11.1. The molecule has 6 heteroatoms. The van der Waals surface area contributed by atoms with Crippen LogP contribution in [-0.2, 0) is 16.6 Å². The standard InChI is InChI=1S/C11H20N2O3S/c1-3-12-7-4-8-17(14,15)13-9-11-6-5-10(2)16-11/h5-6,12-13H,3-4,7-9H2,1-2H3. The largest absolute Gasteiger partial charge is 0.465 e. The van der Waals surface area contributed by atoms with Gasteiger partial charge in [0.25, 0.3) is 0 Å². The molecule has 0 bridgehead atoms. The lowest BCUT2D eigenvalue weighted by Gasteiger charge is -2.05. The summed E-state index contributed by atoms with van der Waals surface area (Å²) in [6.07, 6.45) is 0.611. The number of hydrogen-bond acceptors (Lipinski definition) is 4. The van der Waals surface area contributed by atoms with Crippen LogP contribution in [0.1, 0.15) is 24.9 Å². The van der Waals surface area contributed by atoms with Gasteiger partial charge in [0.1, 0.15) is 11.5 Å². The summed E-state index contributed by atoms with van der Waals surface area (Å²) in [5, 5.41) is 3.09. The zero-order chi connectivity index (χ0) is 12.7. The van der Waals surface area contributed by atoms with Crippen LogP contribution >= 0.6 is 0 Å². The second-order valence-electron chi connectivity index (χ2n) is 3.86. The SMILES string of the molecule is CCNCCCS(=O)(=O)NCc1ccc(C)o1. The van der Waals surface area contributed by atoms with Gasteiger partial charge in [-0.2, -0.15) is 0 Å². The Morgan fingerprint density at radius 2 is 2.12 bits per heavy atom. The van der Waals surface area contributed by atoms with E-state index in [9.17, 15) is 8.42 Å². The molecule has 98 valence electrons. The fourth-order valence-corrected chi connectivity index (χ4v) is 2.43. The Morgan fingerprint density at radius 1 is 1.35 bits per heavy atom. The van der Waals surface area contributed by atoms with Crippen molar-refractivity contribution in [3.05, 3.63) is 23.7 Å². The molecule has 17 heavy (non-hydrogen) atoms. The summed E-state index contributed by atoms with van der Waals surface area (Å²) < 4.78 is 31.0. The lowest BCUT2D eigenvalue weighted by molar-refractivity contribution is 0.475. The van der Waals surface area contributed by atoms with Crippen molar-refractivity contribution in [3.63, 3.8) is 0 Å². The smallest absolute Gasteiger partial charge is 0.212 e. The maximum Gasteiger partial charge on any atom is 0.212 e. The highest BCUT2D eigenvalue weighted by atomic mass is 32.2. The number of sulfonamides is 1. The molecule has 0 spiro atoms. The highest BCUT2D eigenvalue weighted by Crippen LogP contribution is 2.06. The van der Waals surface area contributed by atoms with Crippen LogP contribution in [0, 0.1) is 6.92 Å². The van der Waals surface area contributed by atoms with Gasteiger partial charge in [-0.3, -0.25) is 0 Å². The predicted octanol–water partition coefficient (Wildman–Crippen LogP) is 1.01. The summed E-state index contributed by atoms with van der Waals surface area (Å²) in [6.45, 7) is 5.62. The van der Waals surface area contributed by atoms with Crippen LogP contribution < -0.4 is 10.0 Å². The highest BCUT2D eigenvalue weighted by Gasteiger charge is 2.10. The Labute approximate surface area is 103 Å². The maximum atomic E-state index is 11.6. The molecule has 1 heterocycles. The third-order valence-corrected chi connectivity index (χ3v) is 3.69. The number of furan rings is 1. The predicted molar refractivity (Wildman–Crippen MR) is 67.2 cm³/mol. The van der Waals surface area contributed by atoms with Crippen molar-refractivity contribution >= 4 is 10.0 Å². The lowest BCUT2D eigenvalue weighted by Crippen LogP contribution is -2.27. The van der Waals surface area contributed by atoms with E-state index in [-0.39, 0.29) is 12.3 Å². The van der Waals surface area contributed by atoms with E-state index < -0.39 is 10.0 Å². The van der Waals surface area contributed by atoms with Crippen molar-refractivity contribution in [1.82, 2.24) is 10.0 Å². The Bertz CT molecular complexity index is 426. The molecule has 0 amide bonds. The minimum absolute atomic E-state index is 0.139. The lowest BCUT2D eigenvalue weighted by atomic mass is 10.4. The van der Waals surface area contributed by atoms with Crippen molar-refractivity contribution in [3.8, 4) is 0 Å². The summed E-state index contributed by atoms with van der Waals surface area (Å²) in [7, 11) is -3.20. The molecule has 1 aromatic rings. The maximum absolute atomic E-state index is 11.6. The average molecular weight is 260 g/mol. The minimum atomic E-state index is -3.20. The van der Waals surface area contributed by atoms with Crippen LogP contribution in [0.25, 0.3) is 0 Å². The van der Waals surface area contributed by atoms with Gasteiger partial charge in [-0.25, -0.2) is 13.1 Å². The first-order valence-corrected chi connectivity index (χ1v) is 7.42. The summed E-state index contributed by atoms with van der Waals surface area (Å²) in [5.74, 6) is 1.56. The van der Waals surface area contributed by atoms with Gasteiger partial charge >= 0.3 is 0 Å². The van der Waals surface area contributed by atoms with Gasteiger partial charge in [-0.15, -0.1) is 0 Å². The third-order valence-electron chi connectivity index (χ3n) is 2.28. The van der Waals surface area contributed by atoms with Crippen LogP contribution in [0.4, 0.5) is 0 Å². The first-order chi connectivity index (χ1) is 8.03. The van der Waals surface area contributed by atoms with Crippen LogP contribution in [0.2, 0.25) is 0 Å². The van der Waals surface area contributed by atoms with Crippen LogP contribution in [0.15, 0.2) is 16.5 Å². The Kier molecular flexibility index (Phi) is 5.67. The van der Waals surface area contributed by atoms with Crippen LogP contribution in [0.5, 0.6) is 0 Å². The Hall–Kier alpha value is -0.850. The van der Waals surface area contributed by atoms with E-state index >= 15 is 0 Å². The molecule has 0 aromatic carbocycles. The summed E-state index contributed by atoms with van der Waals surface area (Å²) in [4.78, 5) is 0. The van der Waals surface area contributed by atoms with Gasteiger partial charge in [-0.1, -0.05) is 6.92 Å². The molecule has 1 aromatic heterocycles. The van der Waals surface area contributed by atoms with Gasteiger partial charge in [0.15, 0.2) is 0 Å². The molecule has 0 saturated carbocycles. The molecule has 2 N–H and O–H groups in total. The molecule has 5 nitrogen and oxygen atoms in total. The van der Waals surface area contributed by atoms with Gasteiger partial charge < -0.3 is 9.73 Å². The monoisotopic (exact) mass is 260 g/mol. The van der Waals surface area contributed by atoms with E-state index in [1.807, 2.05) is 19.9 Å². The highest BCUT2D eigenvalue weighted by molar-refractivity contribution is 7.89. The minimum Gasteiger partial charge on any atom is -0.465 e. The van der Waals surface area contributed by atoms with Crippen LogP contribution in [-0.4, -0.2) is 27.3 Å². The van der Waals surface area contributed by atoms with Crippen molar-refractivity contribution < 1.29 is 12.8 Å². The Balaban J connectivity index is 2.29. The van der Waals surface area contributed by atoms with E-state index in [2.05, 4.69) is 10.0 Å². The number of rotatable bonds is 8. The van der Waals surface area contributed by atoms with E-state index in [0.29, 0.717) is 12.2 Å². The van der Waals surface area contributed by atoms with Crippen molar-refractivity contribution in [2.45, 2.75) is 26.8 Å². The van der Waals surface area contributed by atoms with E-state index in [4.69, 9.17) is 4.42 Å². The molecule has 0 aliphatic heterocycles. The van der Waals surface area contributed by atoms with Crippen molar-refractivity contribution in [1.29, 1.82) is 0 Å². The van der Waals surface area contributed by atoms with Gasteiger partial charge in [-0.05, 0) is 38.6 Å². The first kappa shape index (κ1) is 14.2. The van der Waals surface area contributed by atoms with E-state index in [1.54, 1.807) is 6.07 Å². The molecule has 0 aliphatic rings. The molecule has 0 radical (unpaired) electrons. The van der Waals surface area contributed by atoms with Gasteiger partial charge in [0.2, 0.25) is 10.0 Å². The van der Waals surface area contributed by atoms with E-state index in [1.165, 1.54) is 0 Å². The molecule has 0 saturated heterocycles. The zero-order valence-electron chi connectivity index (χ0n) is 10.3. The third kappa shape index (κ3) is 5.86. The molecule has 0 aliphatic carbocycles. The fourth-order valence-electron chi connectivity index (χ4n) is 1.40. The fraction of sp³-hybridized carbons (Fsp3) is 0.636. The van der Waals surface area contributed by atoms with Crippen molar-refractivity contribution in [2.24, 2.45) is 0 Å². The Morgan fingerprint density at radius 3 is 2.71 bits per heavy atom. The molecule has 1 rings (SSSR count). The molecular formula is C11H20N2O3S. The van der Waals surface area contributed by atoms with Gasteiger partial charge in [0, 0.05) is 0 Å². The second kappa shape index (κ2) is 6.78. The quantitative estimate of drug-likeness (QED) is 0.684. The number of aryl methyl sites for hydroxylation is 1. The van der Waals surface area contributed by atoms with Crippen LogP contribution in [0.3, 0.4) is 0 Å². The first-order valence-electron chi connectivity index (χ1n) is 5.77. The summed E-state index contributed by atoms with van der Waals surface area (Å²) in [5.41, 5.74) is 0. The van der Waals surface area contributed by atoms with Crippen molar-refractivity contribution in [2.75, 3.05) is 18.8 Å². The average Bonchev–Trinajstić information content (AvgIpc) is 2.68. The summed E-state index contributed by atoms with van der Waals surface area (Å²) in [6, 6.07) is 3.59. The molecular weight excluding hydrogens is 240 g/mol. The second-order valence-corrected chi connectivity index (χ2v) is 5.79. The normalized spacial score (nSPS) is 11.9.